The predicted octanol–water partition coefficient (Wildman–Crippen LogP) is 3.63. The first-order valence-corrected chi connectivity index (χ1v) is 7.10. The molecule has 7 heteroatoms. The maximum absolute atomic E-state index is 12.5. The summed E-state index contributed by atoms with van der Waals surface area (Å²) in [6.45, 7) is 5.86. The molecule has 0 spiro atoms. The zero-order valence-electron chi connectivity index (χ0n) is 12.9. The highest BCUT2D eigenvalue weighted by Crippen LogP contribution is 2.33. The number of alkyl halides is 3. The maximum atomic E-state index is 12.5. The Bertz CT molecular complexity index is 349. The number of carbonyl (C=O) groups is 2. The van der Waals surface area contributed by atoms with Crippen molar-refractivity contribution in [3.05, 3.63) is 0 Å². The zero-order valence-corrected chi connectivity index (χ0v) is 12.9. The summed E-state index contributed by atoms with van der Waals surface area (Å²) in [6, 6.07) is 0. The van der Waals surface area contributed by atoms with Gasteiger partial charge in [0, 0.05) is 0 Å². The van der Waals surface area contributed by atoms with E-state index in [1.165, 1.54) is 0 Å². The quantitative estimate of drug-likeness (QED) is 0.390. The molecule has 0 aromatic rings. The van der Waals surface area contributed by atoms with E-state index in [-0.39, 0.29) is 19.4 Å². The maximum Gasteiger partial charge on any atom is 0.425 e. The van der Waals surface area contributed by atoms with Gasteiger partial charge in [-0.3, -0.25) is 9.59 Å². The minimum absolute atomic E-state index is 0.0257. The van der Waals surface area contributed by atoms with Gasteiger partial charge in [-0.15, -0.1) is 0 Å². The highest BCUT2D eigenvalue weighted by Gasteiger charge is 2.49. The summed E-state index contributed by atoms with van der Waals surface area (Å²) in [6.07, 6.45) is -5.44. The molecule has 0 aliphatic rings. The van der Waals surface area contributed by atoms with Gasteiger partial charge in [-0.25, -0.2) is 0 Å². The second-order valence-corrected chi connectivity index (χ2v) is 4.87. The van der Waals surface area contributed by atoms with E-state index in [1.54, 1.807) is 13.8 Å². The number of hydrogen-bond acceptors (Lipinski definition) is 4. The standard InChI is InChI=1S/C14H23F3O4/c1-5-8-9-20-11(18)13(6-2,7-3)12(19)21-10(4)14(15,16)17/h10H,5-9H2,1-4H3. The number of esters is 2. The van der Waals surface area contributed by atoms with Gasteiger partial charge in [-0.1, -0.05) is 27.2 Å². The predicted molar refractivity (Wildman–Crippen MR) is 70.5 cm³/mol. The number of rotatable bonds is 8. The number of ether oxygens (including phenoxy) is 2. The van der Waals surface area contributed by atoms with E-state index >= 15 is 0 Å². The highest BCUT2D eigenvalue weighted by molar-refractivity contribution is 6.00. The molecule has 21 heavy (non-hydrogen) atoms. The third kappa shape index (κ3) is 5.21. The van der Waals surface area contributed by atoms with Crippen molar-refractivity contribution in [1.82, 2.24) is 0 Å². The van der Waals surface area contributed by atoms with Crippen molar-refractivity contribution < 1.29 is 32.2 Å². The Morgan fingerprint density at radius 1 is 1.05 bits per heavy atom. The van der Waals surface area contributed by atoms with E-state index in [9.17, 15) is 22.8 Å². The van der Waals surface area contributed by atoms with Crippen molar-refractivity contribution >= 4 is 11.9 Å². The molecule has 0 saturated heterocycles. The molecule has 1 atom stereocenters. The van der Waals surface area contributed by atoms with Gasteiger partial charge in [0.15, 0.2) is 11.5 Å². The van der Waals surface area contributed by atoms with Gasteiger partial charge in [-0.2, -0.15) is 13.2 Å². The minimum Gasteiger partial charge on any atom is -0.465 e. The molecular formula is C14H23F3O4. The molecule has 0 aromatic heterocycles. The number of hydrogen-bond donors (Lipinski definition) is 0. The van der Waals surface area contributed by atoms with E-state index in [4.69, 9.17) is 4.74 Å². The first kappa shape index (κ1) is 19.7. The van der Waals surface area contributed by atoms with Gasteiger partial charge in [-0.05, 0) is 26.2 Å². The molecule has 0 aliphatic heterocycles. The van der Waals surface area contributed by atoms with Gasteiger partial charge in [0.25, 0.3) is 0 Å². The molecule has 0 amide bonds. The fraction of sp³-hybridized carbons (Fsp3) is 0.857. The van der Waals surface area contributed by atoms with Gasteiger partial charge in [0.1, 0.15) is 0 Å². The van der Waals surface area contributed by atoms with Gasteiger partial charge >= 0.3 is 18.1 Å². The monoisotopic (exact) mass is 312 g/mol. The lowest BCUT2D eigenvalue weighted by Crippen LogP contribution is -2.44. The van der Waals surface area contributed by atoms with Crippen LogP contribution in [0.15, 0.2) is 0 Å². The minimum atomic E-state index is -4.66. The SMILES string of the molecule is CCCCOC(=O)C(CC)(CC)C(=O)OC(C)C(F)(F)F. The van der Waals surface area contributed by atoms with Crippen LogP contribution < -0.4 is 0 Å². The van der Waals surface area contributed by atoms with E-state index in [2.05, 4.69) is 4.74 Å². The van der Waals surface area contributed by atoms with Crippen LogP contribution in [0.2, 0.25) is 0 Å². The molecule has 0 heterocycles. The average Bonchev–Trinajstić information content (AvgIpc) is 2.40. The van der Waals surface area contributed by atoms with Crippen LogP contribution in [0.4, 0.5) is 13.2 Å². The van der Waals surface area contributed by atoms with Crippen LogP contribution in [-0.2, 0) is 19.1 Å². The summed E-state index contributed by atoms with van der Waals surface area (Å²) in [5, 5.41) is 0. The van der Waals surface area contributed by atoms with Crippen molar-refractivity contribution in [1.29, 1.82) is 0 Å². The largest absolute Gasteiger partial charge is 0.465 e. The molecule has 124 valence electrons. The van der Waals surface area contributed by atoms with Gasteiger partial charge in [0.05, 0.1) is 6.61 Å². The average molecular weight is 312 g/mol. The molecule has 0 saturated carbocycles. The first-order chi connectivity index (χ1) is 9.65. The summed E-state index contributed by atoms with van der Waals surface area (Å²) < 4.78 is 46.8. The van der Waals surface area contributed by atoms with Crippen LogP contribution in [0.25, 0.3) is 0 Å². The van der Waals surface area contributed by atoms with Crippen LogP contribution in [0.1, 0.15) is 53.4 Å². The Kier molecular flexibility index (Phi) is 7.74. The van der Waals surface area contributed by atoms with Crippen molar-refractivity contribution in [3.8, 4) is 0 Å². The molecule has 1 unspecified atom stereocenters. The second kappa shape index (κ2) is 8.24. The summed E-state index contributed by atoms with van der Waals surface area (Å²) in [4.78, 5) is 24.1. The third-order valence-corrected chi connectivity index (χ3v) is 3.46. The lowest BCUT2D eigenvalue weighted by Gasteiger charge is -2.29. The smallest absolute Gasteiger partial charge is 0.425 e. The van der Waals surface area contributed by atoms with Gasteiger partial charge in [0.2, 0.25) is 0 Å². The lowest BCUT2D eigenvalue weighted by atomic mass is 9.82. The fourth-order valence-electron chi connectivity index (χ4n) is 1.70. The van der Waals surface area contributed by atoms with Crippen molar-refractivity contribution in [3.63, 3.8) is 0 Å². The third-order valence-electron chi connectivity index (χ3n) is 3.46. The summed E-state index contributed by atoms with van der Waals surface area (Å²) >= 11 is 0. The molecule has 0 aliphatic carbocycles. The summed E-state index contributed by atoms with van der Waals surface area (Å²) in [7, 11) is 0. The Balaban J connectivity index is 5.00. The van der Waals surface area contributed by atoms with Crippen LogP contribution in [0.3, 0.4) is 0 Å². The molecule has 0 rings (SSSR count). The molecule has 0 radical (unpaired) electrons. The lowest BCUT2D eigenvalue weighted by molar-refractivity contribution is -0.223. The Morgan fingerprint density at radius 3 is 1.95 bits per heavy atom. The zero-order chi connectivity index (χ0) is 16.7. The van der Waals surface area contributed by atoms with E-state index in [0.717, 1.165) is 13.3 Å². The van der Waals surface area contributed by atoms with Gasteiger partial charge < -0.3 is 9.47 Å². The number of halogens is 3. The summed E-state index contributed by atoms with van der Waals surface area (Å²) in [5.41, 5.74) is -1.67. The van der Waals surface area contributed by atoms with Crippen molar-refractivity contribution in [2.75, 3.05) is 6.61 Å². The Morgan fingerprint density at radius 2 is 1.57 bits per heavy atom. The topological polar surface area (TPSA) is 52.6 Å². The number of carbonyl (C=O) groups excluding carboxylic acids is 2. The normalized spacial score (nSPS) is 13.7. The van der Waals surface area contributed by atoms with E-state index < -0.39 is 29.6 Å². The number of unbranched alkanes of at least 4 members (excludes halogenated alkanes) is 1. The van der Waals surface area contributed by atoms with Crippen LogP contribution in [0.5, 0.6) is 0 Å². The Hall–Kier alpha value is -1.27. The molecular weight excluding hydrogens is 289 g/mol. The van der Waals surface area contributed by atoms with Crippen LogP contribution >= 0.6 is 0 Å². The Labute approximate surface area is 123 Å². The van der Waals surface area contributed by atoms with E-state index in [1.807, 2.05) is 6.92 Å². The van der Waals surface area contributed by atoms with E-state index in [0.29, 0.717) is 6.42 Å². The highest BCUT2D eigenvalue weighted by atomic mass is 19.4. The molecule has 0 N–H and O–H groups in total. The molecule has 0 aromatic carbocycles. The molecule has 0 fully saturated rings. The fourth-order valence-corrected chi connectivity index (χ4v) is 1.70. The second-order valence-electron chi connectivity index (χ2n) is 4.87. The summed E-state index contributed by atoms with van der Waals surface area (Å²) in [5.74, 6) is -2.00. The van der Waals surface area contributed by atoms with Crippen molar-refractivity contribution in [2.45, 2.75) is 65.7 Å². The van der Waals surface area contributed by atoms with Crippen LogP contribution in [-0.4, -0.2) is 30.8 Å². The van der Waals surface area contributed by atoms with Crippen LogP contribution in [0, 0.1) is 5.41 Å². The molecule has 4 nitrogen and oxygen atoms in total. The van der Waals surface area contributed by atoms with Crippen molar-refractivity contribution in [2.24, 2.45) is 5.41 Å². The first-order valence-electron chi connectivity index (χ1n) is 7.10. The molecule has 0 bridgehead atoms.